The number of hydrogen-bond acceptors (Lipinski definition) is 10. The summed E-state index contributed by atoms with van der Waals surface area (Å²) in [6.07, 6.45) is 6.33. The van der Waals surface area contributed by atoms with Crippen molar-refractivity contribution < 1.29 is 9.13 Å². The molecule has 6 heterocycles. The molecule has 4 fully saturated rings. The minimum atomic E-state index is -0.829. The molecule has 3 atom stereocenters. The average molecular weight is 578 g/mol. The highest BCUT2D eigenvalue weighted by atomic mass is 32.1. The van der Waals surface area contributed by atoms with Crippen LogP contribution < -0.4 is 20.3 Å². The molecule has 4 aliphatic heterocycles. The first-order valence-electron chi connectivity index (χ1n) is 14.7. The first-order chi connectivity index (χ1) is 19.8. The van der Waals surface area contributed by atoms with Gasteiger partial charge in [-0.25, -0.2) is 11.0 Å². The molecule has 12 heteroatoms. The van der Waals surface area contributed by atoms with Crippen molar-refractivity contribution in [3.8, 4) is 12.1 Å². The van der Waals surface area contributed by atoms with E-state index in [0.717, 1.165) is 63.6 Å². The number of nitrogen functional groups attached to an aromatic ring is 1. The molecule has 0 radical (unpaired) electrons. The molecule has 4 saturated heterocycles. The van der Waals surface area contributed by atoms with Crippen LogP contribution in [0.15, 0.2) is 0 Å². The molecule has 0 amide bonds. The molecule has 216 valence electrons. The Morgan fingerprint density at radius 3 is 2.71 bits per heavy atom. The first-order valence-corrected chi connectivity index (χ1v) is 15.6. The second-order valence-electron chi connectivity index (χ2n) is 13.0. The summed E-state index contributed by atoms with van der Waals surface area (Å²) in [7, 11) is 0. The van der Waals surface area contributed by atoms with Crippen LogP contribution in [0.5, 0.6) is 6.01 Å². The number of nitrogens with zero attached hydrogens (tertiary/aromatic N) is 8. The molecule has 0 saturated carbocycles. The summed E-state index contributed by atoms with van der Waals surface area (Å²) in [6.45, 7) is 14.3. The number of fused-ring (bicyclic) bond motifs is 3. The van der Waals surface area contributed by atoms with Crippen LogP contribution in [0, 0.1) is 17.9 Å². The van der Waals surface area contributed by atoms with Gasteiger partial charge in [0.25, 0.3) is 0 Å². The van der Waals surface area contributed by atoms with Gasteiger partial charge in [0, 0.05) is 56.2 Å². The van der Waals surface area contributed by atoms with Gasteiger partial charge in [0.15, 0.2) is 0 Å². The molecule has 2 aromatic rings. The lowest BCUT2D eigenvalue weighted by atomic mass is 9.74. The van der Waals surface area contributed by atoms with E-state index in [9.17, 15) is 9.65 Å². The fourth-order valence-corrected chi connectivity index (χ4v) is 9.08. The first kappa shape index (κ1) is 26.7. The number of halogens is 1. The van der Waals surface area contributed by atoms with E-state index < -0.39 is 11.7 Å². The van der Waals surface area contributed by atoms with E-state index in [1.54, 1.807) is 11.3 Å². The number of aryl methyl sites for hydroxylation is 1. The number of alkyl halides is 1. The maximum atomic E-state index is 14.4. The predicted octanol–water partition coefficient (Wildman–Crippen LogP) is 3.71. The number of thiophene rings is 1. The second kappa shape index (κ2) is 9.67. The molecule has 41 heavy (non-hydrogen) atoms. The molecular formula is C29H36FN9OS. The van der Waals surface area contributed by atoms with E-state index in [2.05, 4.69) is 25.6 Å². The molecule has 0 aromatic carbocycles. The Morgan fingerprint density at radius 2 is 1.93 bits per heavy atom. The second-order valence-corrected chi connectivity index (χ2v) is 14.1. The Balaban J connectivity index is 1.18. The molecular weight excluding hydrogens is 541 g/mol. The minimum absolute atomic E-state index is 0.114. The van der Waals surface area contributed by atoms with E-state index in [1.807, 2.05) is 6.92 Å². The predicted molar refractivity (Wildman–Crippen MR) is 155 cm³/mol. The Kier molecular flexibility index (Phi) is 6.29. The van der Waals surface area contributed by atoms with E-state index in [4.69, 9.17) is 32.0 Å². The summed E-state index contributed by atoms with van der Waals surface area (Å²) in [5.41, 5.74) is 7.02. The maximum Gasteiger partial charge on any atom is 0.323 e. The number of aromatic nitrogens is 3. The highest BCUT2D eigenvalue weighted by Gasteiger charge is 2.53. The van der Waals surface area contributed by atoms with Gasteiger partial charge < -0.3 is 25.1 Å². The summed E-state index contributed by atoms with van der Waals surface area (Å²) in [5.74, 6) is 1.08. The third-order valence-electron chi connectivity index (χ3n) is 10.1. The summed E-state index contributed by atoms with van der Waals surface area (Å²) >= 11 is 1.54. The largest absolute Gasteiger partial charge is 0.461 e. The van der Waals surface area contributed by atoms with Gasteiger partial charge in [0.05, 0.1) is 17.6 Å². The van der Waals surface area contributed by atoms with Gasteiger partial charge in [-0.1, -0.05) is 0 Å². The molecule has 2 aromatic heterocycles. The lowest BCUT2D eigenvalue weighted by Crippen LogP contribution is -2.59. The van der Waals surface area contributed by atoms with Gasteiger partial charge in [-0.2, -0.15) is 20.2 Å². The molecule has 1 spiro atoms. The number of hydrogen-bond donors (Lipinski definition) is 1. The van der Waals surface area contributed by atoms with Crippen LogP contribution in [0.4, 0.5) is 21.3 Å². The average Bonchev–Trinajstić information content (AvgIpc) is 3.62. The molecule has 1 aliphatic carbocycles. The minimum Gasteiger partial charge on any atom is -0.461 e. The number of nitriles is 1. The Labute approximate surface area is 244 Å². The van der Waals surface area contributed by atoms with Gasteiger partial charge >= 0.3 is 6.01 Å². The molecule has 1 unspecified atom stereocenters. The van der Waals surface area contributed by atoms with Crippen molar-refractivity contribution in [1.29, 1.82) is 5.26 Å². The number of anilines is 3. The van der Waals surface area contributed by atoms with Gasteiger partial charge in [0.1, 0.15) is 23.8 Å². The zero-order valence-electron chi connectivity index (χ0n) is 23.5. The van der Waals surface area contributed by atoms with Gasteiger partial charge in [-0.3, -0.25) is 4.90 Å². The summed E-state index contributed by atoms with van der Waals surface area (Å²) in [4.78, 5) is 26.1. The lowest BCUT2D eigenvalue weighted by Gasteiger charge is -2.48. The highest BCUT2D eigenvalue weighted by molar-refractivity contribution is 7.16. The van der Waals surface area contributed by atoms with Crippen molar-refractivity contribution in [2.75, 3.05) is 61.4 Å². The zero-order chi connectivity index (χ0) is 28.4. The summed E-state index contributed by atoms with van der Waals surface area (Å²) < 4.78 is 20.7. The standard InChI is InChI=1S/C29H36FN9OS/c1-27(33-2)7-3-4-10-37(15-27)24-34-25(36-26(35-24)40-18-29-8-5-11-39(29)14-19(30)12-29)38-16-28(17-38)9-6-21-22(28)20(13-31)23(32)41-21/h19H,3-12,14-18,32H2,1H3/t19-,27?,29+/m1/s1. The third kappa shape index (κ3) is 4.38. The van der Waals surface area contributed by atoms with Crippen molar-refractivity contribution >= 4 is 28.2 Å². The lowest BCUT2D eigenvalue weighted by molar-refractivity contribution is 0.107. The van der Waals surface area contributed by atoms with Gasteiger partial charge in [-0.05, 0) is 50.6 Å². The molecule has 7 rings (SSSR count). The van der Waals surface area contributed by atoms with Crippen LogP contribution in [0.1, 0.15) is 67.9 Å². The van der Waals surface area contributed by atoms with Crippen LogP contribution in [0.3, 0.4) is 0 Å². The van der Waals surface area contributed by atoms with Crippen molar-refractivity contribution in [3.63, 3.8) is 0 Å². The number of rotatable bonds is 5. The number of ether oxygens (including phenoxy) is 1. The van der Waals surface area contributed by atoms with Crippen LogP contribution in [-0.4, -0.2) is 83.0 Å². The van der Waals surface area contributed by atoms with Crippen molar-refractivity contribution in [2.24, 2.45) is 0 Å². The molecule has 2 N–H and O–H groups in total. The Hall–Kier alpha value is -3.22. The van der Waals surface area contributed by atoms with E-state index in [0.29, 0.717) is 61.7 Å². The van der Waals surface area contributed by atoms with Crippen LogP contribution >= 0.6 is 11.3 Å². The fraction of sp³-hybridized carbons (Fsp3) is 0.690. The normalized spacial score (nSPS) is 30.4. The van der Waals surface area contributed by atoms with Crippen molar-refractivity contribution in [2.45, 2.75) is 81.0 Å². The molecule has 0 bridgehead atoms. The van der Waals surface area contributed by atoms with Crippen molar-refractivity contribution in [3.05, 3.63) is 27.4 Å². The summed E-state index contributed by atoms with van der Waals surface area (Å²) in [6, 6.07) is 2.60. The SMILES string of the molecule is [C-]#[N+]C1(C)CCCCN(c2nc(OC[C@@]34CCCN3C[C@H](F)C4)nc(N3CC4(CCc5sc(N)c(C#N)c54)C3)n2)C1. The van der Waals surface area contributed by atoms with Crippen LogP contribution in [0.25, 0.3) is 4.85 Å². The smallest absolute Gasteiger partial charge is 0.323 e. The topological polar surface area (TPSA) is 112 Å². The third-order valence-corrected chi connectivity index (χ3v) is 11.1. The van der Waals surface area contributed by atoms with Crippen molar-refractivity contribution in [1.82, 2.24) is 19.9 Å². The van der Waals surface area contributed by atoms with E-state index in [1.165, 1.54) is 4.88 Å². The van der Waals surface area contributed by atoms with Gasteiger partial charge in [0.2, 0.25) is 17.4 Å². The fourth-order valence-electron chi connectivity index (χ4n) is 7.94. The Bertz CT molecular complexity index is 1440. The highest BCUT2D eigenvalue weighted by Crippen LogP contribution is 2.52. The van der Waals surface area contributed by atoms with E-state index >= 15 is 0 Å². The van der Waals surface area contributed by atoms with E-state index in [-0.39, 0.29) is 17.0 Å². The summed E-state index contributed by atoms with van der Waals surface area (Å²) in [5, 5.41) is 10.4. The monoisotopic (exact) mass is 577 g/mol. The molecule has 10 nitrogen and oxygen atoms in total. The zero-order valence-corrected chi connectivity index (χ0v) is 24.3. The molecule has 5 aliphatic rings. The van der Waals surface area contributed by atoms with Crippen LogP contribution in [0.2, 0.25) is 0 Å². The van der Waals surface area contributed by atoms with Gasteiger partial charge in [-0.15, -0.1) is 11.3 Å². The quantitative estimate of drug-likeness (QED) is 0.532. The maximum absolute atomic E-state index is 14.4. The Morgan fingerprint density at radius 1 is 1.12 bits per heavy atom. The van der Waals surface area contributed by atoms with Crippen LogP contribution in [-0.2, 0) is 11.8 Å². The number of nitrogens with two attached hydrogens (primary N) is 1.